The minimum Gasteiger partial charge on any atom is -0.368 e. The van der Waals surface area contributed by atoms with Gasteiger partial charge in [-0.25, -0.2) is 0 Å². The van der Waals surface area contributed by atoms with E-state index < -0.39 is 0 Å². The first-order chi connectivity index (χ1) is 8.72. The predicted molar refractivity (Wildman–Crippen MR) is 79.7 cm³/mol. The van der Waals surface area contributed by atoms with Crippen LogP contribution >= 0.6 is 11.6 Å². The molecule has 1 aromatic rings. The summed E-state index contributed by atoms with van der Waals surface area (Å²) in [4.78, 5) is 2.53. The van der Waals surface area contributed by atoms with E-state index in [4.69, 9.17) is 11.6 Å². The smallest absolute Gasteiger partial charge is 0.0455 e. The van der Waals surface area contributed by atoms with Crippen molar-refractivity contribution in [2.24, 2.45) is 0 Å². The molecule has 1 atom stereocenters. The lowest BCUT2D eigenvalue weighted by molar-refractivity contribution is 0.433. The van der Waals surface area contributed by atoms with E-state index in [1.807, 2.05) is 7.05 Å². The van der Waals surface area contributed by atoms with Gasteiger partial charge in [-0.15, -0.1) is 0 Å². The molecular weight excluding hydrogens is 244 g/mol. The van der Waals surface area contributed by atoms with Crippen LogP contribution in [0.2, 0.25) is 5.02 Å². The average Bonchev–Trinajstić information content (AvgIpc) is 2.40. The molecular formula is C15H23ClN2. The van der Waals surface area contributed by atoms with Crippen LogP contribution in [0.3, 0.4) is 0 Å². The van der Waals surface area contributed by atoms with Crippen molar-refractivity contribution in [3.8, 4) is 0 Å². The first-order valence-corrected chi connectivity index (χ1v) is 7.27. The molecule has 0 aromatic heterocycles. The van der Waals surface area contributed by atoms with Gasteiger partial charge in [0.05, 0.1) is 0 Å². The van der Waals surface area contributed by atoms with Crippen LogP contribution in [0, 0.1) is 6.92 Å². The highest BCUT2D eigenvalue weighted by Gasteiger charge is 2.22. The van der Waals surface area contributed by atoms with Crippen LogP contribution < -0.4 is 10.2 Å². The molecule has 0 bridgehead atoms. The van der Waals surface area contributed by atoms with E-state index in [9.17, 15) is 0 Å². The number of rotatable bonds is 4. The van der Waals surface area contributed by atoms with Gasteiger partial charge in [-0.3, -0.25) is 0 Å². The Morgan fingerprint density at radius 1 is 1.39 bits per heavy atom. The molecule has 0 spiro atoms. The Kier molecular flexibility index (Phi) is 4.90. The van der Waals surface area contributed by atoms with Crippen molar-refractivity contribution in [1.82, 2.24) is 5.32 Å². The molecule has 1 aromatic carbocycles. The Hall–Kier alpha value is -0.730. The molecule has 3 heteroatoms. The van der Waals surface area contributed by atoms with Crippen molar-refractivity contribution in [3.63, 3.8) is 0 Å². The van der Waals surface area contributed by atoms with Crippen LogP contribution in [-0.4, -0.2) is 26.2 Å². The van der Waals surface area contributed by atoms with Gasteiger partial charge in [0.25, 0.3) is 0 Å². The second-order valence-corrected chi connectivity index (χ2v) is 5.58. The summed E-state index contributed by atoms with van der Waals surface area (Å²) < 4.78 is 0. The number of aryl methyl sites for hydroxylation is 1. The lowest BCUT2D eigenvalue weighted by Gasteiger charge is -2.38. The van der Waals surface area contributed by atoms with Gasteiger partial charge in [0.15, 0.2) is 0 Å². The molecule has 1 aliphatic rings. The molecule has 100 valence electrons. The van der Waals surface area contributed by atoms with Gasteiger partial charge in [-0.2, -0.15) is 0 Å². The lowest BCUT2D eigenvalue weighted by Crippen LogP contribution is -2.41. The standard InChI is InChI=1S/C15H23ClN2/c1-12-6-7-14(11-15(12)16)18-10-4-3-5-13(18)8-9-17-2/h6-7,11,13,17H,3-5,8-10H2,1-2H3. The number of anilines is 1. The second kappa shape index (κ2) is 6.44. The molecule has 1 N–H and O–H groups in total. The normalized spacial score (nSPS) is 20.2. The van der Waals surface area contributed by atoms with Crippen LogP contribution in [0.25, 0.3) is 0 Å². The molecule has 1 saturated heterocycles. The first-order valence-electron chi connectivity index (χ1n) is 6.90. The third-order valence-electron chi connectivity index (χ3n) is 3.84. The highest BCUT2D eigenvalue weighted by molar-refractivity contribution is 6.31. The number of piperidine rings is 1. The van der Waals surface area contributed by atoms with E-state index in [-0.39, 0.29) is 0 Å². The summed E-state index contributed by atoms with van der Waals surface area (Å²) in [6.07, 6.45) is 5.15. The van der Waals surface area contributed by atoms with Gasteiger partial charge < -0.3 is 10.2 Å². The summed E-state index contributed by atoms with van der Waals surface area (Å²) in [6.45, 7) is 4.30. The zero-order chi connectivity index (χ0) is 13.0. The number of halogens is 1. The Labute approximate surface area is 115 Å². The van der Waals surface area contributed by atoms with E-state index in [2.05, 4.69) is 35.3 Å². The number of nitrogens with one attached hydrogen (secondary N) is 1. The summed E-state index contributed by atoms with van der Waals surface area (Å²) in [5.74, 6) is 0. The molecule has 0 radical (unpaired) electrons. The zero-order valence-corrected chi connectivity index (χ0v) is 12.1. The summed E-state index contributed by atoms with van der Waals surface area (Å²) in [5, 5.41) is 4.13. The van der Waals surface area contributed by atoms with E-state index >= 15 is 0 Å². The summed E-state index contributed by atoms with van der Waals surface area (Å²) in [7, 11) is 2.02. The maximum atomic E-state index is 6.25. The highest BCUT2D eigenvalue weighted by atomic mass is 35.5. The Morgan fingerprint density at radius 3 is 2.94 bits per heavy atom. The lowest BCUT2D eigenvalue weighted by atomic mass is 9.98. The van der Waals surface area contributed by atoms with Crippen LogP contribution in [0.5, 0.6) is 0 Å². The Balaban J connectivity index is 2.14. The van der Waals surface area contributed by atoms with Gasteiger partial charge in [0, 0.05) is 23.3 Å². The van der Waals surface area contributed by atoms with Gasteiger partial charge in [-0.05, 0) is 63.9 Å². The third-order valence-corrected chi connectivity index (χ3v) is 4.25. The topological polar surface area (TPSA) is 15.3 Å². The maximum Gasteiger partial charge on any atom is 0.0455 e. The fourth-order valence-corrected chi connectivity index (χ4v) is 2.89. The quantitative estimate of drug-likeness (QED) is 0.896. The molecule has 2 rings (SSSR count). The molecule has 0 aliphatic carbocycles. The Morgan fingerprint density at radius 2 is 2.22 bits per heavy atom. The predicted octanol–water partition coefficient (Wildman–Crippen LogP) is 3.62. The monoisotopic (exact) mass is 266 g/mol. The van der Waals surface area contributed by atoms with Gasteiger partial charge in [0.2, 0.25) is 0 Å². The Bertz CT molecular complexity index is 392. The van der Waals surface area contributed by atoms with Crippen molar-refractivity contribution < 1.29 is 0 Å². The molecule has 2 nitrogen and oxygen atoms in total. The number of hydrogen-bond donors (Lipinski definition) is 1. The van der Waals surface area contributed by atoms with Gasteiger partial charge >= 0.3 is 0 Å². The molecule has 1 aliphatic heterocycles. The fourth-order valence-electron chi connectivity index (χ4n) is 2.71. The van der Waals surface area contributed by atoms with Crippen molar-refractivity contribution in [3.05, 3.63) is 28.8 Å². The van der Waals surface area contributed by atoms with Crippen LogP contribution in [-0.2, 0) is 0 Å². The summed E-state index contributed by atoms with van der Waals surface area (Å²) in [6, 6.07) is 7.11. The average molecular weight is 267 g/mol. The molecule has 0 saturated carbocycles. The minimum atomic E-state index is 0.657. The summed E-state index contributed by atoms with van der Waals surface area (Å²) in [5.41, 5.74) is 2.44. The van der Waals surface area contributed by atoms with Crippen LogP contribution in [0.15, 0.2) is 18.2 Å². The highest BCUT2D eigenvalue weighted by Crippen LogP contribution is 2.29. The van der Waals surface area contributed by atoms with Gasteiger partial charge in [0.1, 0.15) is 0 Å². The molecule has 1 heterocycles. The minimum absolute atomic E-state index is 0.657. The fraction of sp³-hybridized carbons (Fsp3) is 0.600. The maximum absolute atomic E-state index is 6.25. The molecule has 0 amide bonds. The largest absolute Gasteiger partial charge is 0.368 e. The van der Waals surface area contributed by atoms with E-state index in [1.54, 1.807) is 0 Å². The van der Waals surface area contributed by atoms with Crippen LogP contribution in [0.1, 0.15) is 31.2 Å². The SMILES string of the molecule is CNCCC1CCCCN1c1ccc(C)c(Cl)c1. The van der Waals surface area contributed by atoms with Crippen LogP contribution in [0.4, 0.5) is 5.69 Å². The number of hydrogen-bond acceptors (Lipinski definition) is 2. The van der Waals surface area contributed by atoms with Gasteiger partial charge in [-0.1, -0.05) is 17.7 Å². The second-order valence-electron chi connectivity index (χ2n) is 5.17. The van der Waals surface area contributed by atoms with Crippen molar-refractivity contribution in [2.75, 3.05) is 25.0 Å². The zero-order valence-electron chi connectivity index (χ0n) is 11.4. The molecule has 1 unspecified atom stereocenters. The summed E-state index contributed by atoms with van der Waals surface area (Å²) >= 11 is 6.25. The number of benzene rings is 1. The van der Waals surface area contributed by atoms with E-state index in [0.29, 0.717) is 6.04 Å². The first kappa shape index (κ1) is 13.7. The van der Waals surface area contributed by atoms with Crippen molar-refractivity contribution in [2.45, 2.75) is 38.6 Å². The van der Waals surface area contributed by atoms with E-state index in [1.165, 1.54) is 31.4 Å². The van der Waals surface area contributed by atoms with E-state index in [0.717, 1.165) is 23.7 Å². The third kappa shape index (κ3) is 3.18. The van der Waals surface area contributed by atoms with Crippen molar-refractivity contribution >= 4 is 17.3 Å². The number of nitrogens with zero attached hydrogens (tertiary/aromatic N) is 1. The molecule has 18 heavy (non-hydrogen) atoms. The van der Waals surface area contributed by atoms with Crippen molar-refractivity contribution in [1.29, 1.82) is 0 Å². The molecule has 1 fully saturated rings.